The van der Waals surface area contributed by atoms with E-state index in [-0.39, 0.29) is 35.7 Å². The van der Waals surface area contributed by atoms with Crippen molar-refractivity contribution in [2.24, 2.45) is 5.41 Å². The van der Waals surface area contributed by atoms with Crippen LogP contribution in [0.3, 0.4) is 0 Å². The zero-order chi connectivity index (χ0) is 27.4. The third kappa shape index (κ3) is 3.87. The minimum absolute atomic E-state index is 0.117. The van der Waals surface area contributed by atoms with Gasteiger partial charge in [0, 0.05) is 25.1 Å². The van der Waals surface area contributed by atoms with E-state index in [4.69, 9.17) is 10.1 Å². The fraction of sp³-hybridized carbons (Fsp3) is 0.357. The van der Waals surface area contributed by atoms with Crippen LogP contribution in [0.15, 0.2) is 48.9 Å². The lowest BCUT2D eigenvalue weighted by molar-refractivity contribution is 0.105. The van der Waals surface area contributed by atoms with Crippen LogP contribution in [0.25, 0.3) is 22.6 Å². The van der Waals surface area contributed by atoms with Crippen LogP contribution >= 0.6 is 0 Å². The molecule has 200 valence electrons. The van der Waals surface area contributed by atoms with Gasteiger partial charge in [0.1, 0.15) is 11.6 Å². The van der Waals surface area contributed by atoms with Crippen LogP contribution in [0.5, 0.6) is 0 Å². The molecule has 11 heteroatoms. The molecule has 0 aliphatic heterocycles. The molecule has 2 aliphatic carbocycles. The Morgan fingerprint density at radius 1 is 1.08 bits per heavy atom. The Hall–Kier alpha value is -3.96. The van der Waals surface area contributed by atoms with Crippen molar-refractivity contribution in [3.05, 3.63) is 77.5 Å². The molecule has 3 N–H and O–H groups in total. The lowest BCUT2D eigenvalue weighted by Gasteiger charge is -2.37. The Morgan fingerprint density at radius 2 is 1.82 bits per heavy atom. The van der Waals surface area contributed by atoms with Crippen molar-refractivity contribution in [2.75, 3.05) is 18.5 Å². The number of hydrogen-bond donors (Lipinski definition) is 3. The normalized spacial score (nSPS) is 21.5. The maximum Gasteiger partial charge on any atom is 0.222 e. The molecule has 1 fully saturated rings. The number of benzene rings is 1. The number of anilines is 1. The molecule has 9 nitrogen and oxygen atoms in total. The summed E-state index contributed by atoms with van der Waals surface area (Å²) < 4.78 is 29.1. The van der Waals surface area contributed by atoms with Crippen molar-refractivity contribution in [3.8, 4) is 22.6 Å². The van der Waals surface area contributed by atoms with E-state index >= 15 is 0 Å². The summed E-state index contributed by atoms with van der Waals surface area (Å²) in [6, 6.07) is 7.45. The summed E-state index contributed by atoms with van der Waals surface area (Å²) in [4.78, 5) is 17.9. The fourth-order valence-electron chi connectivity index (χ4n) is 6.30. The van der Waals surface area contributed by atoms with Crippen LogP contribution in [-0.4, -0.2) is 59.6 Å². The minimum atomic E-state index is -0.912. The summed E-state index contributed by atoms with van der Waals surface area (Å²) in [6.45, 7) is 4.12. The highest BCUT2D eigenvalue weighted by atomic mass is 19.1. The van der Waals surface area contributed by atoms with E-state index in [1.165, 1.54) is 18.2 Å². The number of aromatic nitrogens is 6. The molecular formula is C28H27F2N7O2. The van der Waals surface area contributed by atoms with Gasteiger partial charge in [-0.05, 0) is 54.0 Å². The number of rotatable bonds is 7. The van der Waals surface area contributed by atoms with Crippen molar-refractivity contribution < 1.29 is 19.0 Å². The van der Waals surface area contributed by atoms with E-state index in [0.717, 1.165) is 29.8 Å². The highest BCUT2D eigenvalue weighted by Gasteiger charge is 2.65. The molecule has 0 radical (unpaired) electrons. The van der Waals surface area contributed by atoms with Gasteiger partial charge >= 0.3 is 0 Å². The highest BCUT2D eigenvalue weighted by molar-refractivity contribution is 5.64. The van der Waals surface area contributed by atoms with Crippen molar-refractivity contribution in [1.82, 2.24) is 30.1 Å². The largest absolute Gasteiger partial charge is 0.394 e. The van der Waals surface area contributed by atoms with Gasteiger partial charge in [-0.2, -0.15) is 5.10 Å². The van der Waals surface area contributed by atoms with Gasteiger partial charge in [-0.15, -0.1) is 5.10 Å². The SMILES string of the molecule is CC1(C)[C@H]2CC[C@]1(c1ccnc(-c3cnc(NC[C@H](O)CO)nc3)n1)c1nnc(-c3c(F)cccc3F)cc12. The van der Waals surface area contributed by atoms with Crippen LogP contribution in [0.4, 0.5) is 14.7 Å². The smallest absolute Gasteiger partial charge is 0.222 e. The third-order valence-corrected chi connectivity index (χ3v) is 8.31. The standard InChI is InChI=1S/C28H27F2N7O2/c1-27(2)18-6-8-28(27,24-17(18)10-21(36-37-24)23-19(29)4-3-5-20(23)30)22-7-9-31-25(35-22)15-11-32-26(33-12-15)34-13-16(39)14-38/h3-5,7,9-12,16,18,38-39H,6,8,13-14H2,1-2H3,(H,32,33,34)/t16-,18-,28-/m0/s1. The van der Waals surface area contributed by atoms with Crippen molar-refractivity contribution in [1.29, 1.82) is 0 Å². The first-order valence-corrected chi connectivity index (χ1v) is 12.8. The predicted octanol–water partition coefficient (Wildman–Crippen LogP) is 3.64. The Kier molecular flexibility index (Phi) is 6.07. The van der Waals surface area contributed by atoms with Crippen LogP contribution in [0, 0.1) is 17.0 Å². The second-order valence-electron chi connectivity index (χ2n) is 10.6. The summed E-state index contributed by atoms with van der Waals surface area (Å²) in [5, 5.41) is 30.2. The molecule has 0 amide bonds. The van der Waals surface area contributed by atoms with Crippen LogP contribution < -0.4 is 5.32 Å². The zero-order valence-corrected chi connectivity index (χ0v) is 21.4. The summed E-state index contributed by atoms with van der Waals surface area (Å²) in [5.41, 5.74) is 2.33. The average molecular weight is 532 g/mol. The number of aliphatic hydroxyl groups is 2. The molecule has 0 spiro atoms. The van der Waals surface area contributed by atoms with Crippen LogP contribution in [0.2, 0.25) is 0 Å². The molecular weight excluding hydrogens is 504 g/mol. The highest BCUT2D eigenvalue weighted by Crippen LogP contribution is 2.69. The van der Waals surface area contributed by atoms with Gasteiger partial charge in [0.2, 0.25) is 5.95 Å². The summed E-state index contributed by atoms with van der Waals surface area (Å²) in [5.74, 6) is -0.458. The summed E-state index contributed by atoms with van der Waals surface area (Å²) >= 11 is 0. The molecule has 1 aromatic carbocycles. The van der Waals surface area contributed by atoms with Crippen LogP contribution in [0.1, 0.15) is 49.6 Å². The molecule has 3 atom stereocenters. The van der Waals surface area contributed by atoms with E-state index in [1.54, 1.807) is 24.7 Å². The van der Waals surface area contributed by atoms with Crippen molar-refractivity contribution in [3.63, 3.8) is 0 Å². The van der Waals surface area contributed by atoms with Gasteiger partial charge in [0.05, 0.1) is 46.3 Å². The lowest BCUT2D eigenvalue weighted by atomic mass is 9.66. The zero-order valence-electron chi connectivity index (χ0n) is 21.4. The average Bonchev–Trinajstić information content (AvgIpc) is 3.33. The van der Waals surface area contributed by atoms with Gasteiger partial charge in [0.15, 0.2) is 5.82 Å². The van der Waals surface area contributed by atoms with Crippen LogP contribution in [-0.2, 0) is 5.41 Å². The Labute approximate surface area is 223 Å². The Morgan fingerprint density at radius 3 is 2.54 bits per heavy atom. The van der Waals surface area contributed by atoms with E-state index < -0.39 is 23.2 Å². The minimum Gasteiger partial charge on any atom is -0.394 e. The molecule has 3 heterocycles. The quantitative estimate of drug-likeness (QED) is 0.327. The molecule has 2 aliphatic rings. The monoisotopic (exact) mass is 531 g/mol. The van der Waals surface area contributed by atoms with Gasteiger partial charge in [-0.3, -0.25) is 0 Å². The number of nitrogens with one attached hydrogen (secondary N) is 1. The number of fused-ring (bicyclic) bond motifs is 5. The molecule has 39 heavy (non-hydrogen) atoms. The van der Waals surface area contributed by atoms with Gasteiger partial charge in [-0.25, -0.2) is 28.7 Å². The molecule has 0 saturated heterocycles. The summed E-state index contributed by atoms with van der Waals surface area (Å²) in [6.07, 6.45) is 5.67. The molecule has 1 saturated carbocycles. The predicted molar refractivity (Wildman–Crippen MR) is 139 cm³/mol. The number of aliphatic hydroxyl groups excluding tert-OH is 2. The molecule has 0 unspecified atom stereocenters. The molecule has 2 bridgehead atoms. The molecule has 4 aromatic rings. The van der Waals surface area contributed by atoms with E-state index in [2.05, 4.69) is 44.3 Å². The van der Waals surface area contributed by atoms with E-state index in [9.17, 15) is 13.9 Å². The lowest BCUT2D eigenvalue weighted by Crippen LogP contribution is -2.38. The molecule has 6 rings (SSSR count). The van der Waals surface area contributed by atoms with Crippen molar-refractivity contribution in [2.45, 2.75) is 44.1 Å². The number of hydrogen-bond acceptors (Lipinski definition) is 9. The third-order valence-electron chi connectivity index (χ3n) is 8.31. The van der Waals surface area contributed by atoms with Gasteiger partial charge in [0.25, 0.3) is 0 Å². The van der Waals surface area contributed by atoms with Gasteiger partial charge < -0.3 is 15.5 Å². The Balaban J connectivity index is 1.38. The van der Waals surface area contributed by atoms with E-state index in [1.807, 2.05) is 6.07 Å². The molecule has 3 aromatic heterocycles. The van der Waals surface area contributed by atoms with Gasteiger partial charge in [-0.1, -0.05) is 19.9 Å². The number of nitrogens with zero attached hydrogens (tertiary/aromatic N) is 6. The maximum atomic E-state index is 14.5. The fourth-order valence-corrected chi connectivity index (χ4v) is 6.30. The van der Waals surface area contributed by atoms with Crippen molar-refractivity contribution >= 4 is 5.95 Å². The maximum absolute atomic E-state index is 14.5. The van der Waals surface area contributed by atoms with E-state index in [0.29, 0.717) is 17.3 Å². The second kappa shape index (κ2) is 9.35. The first-order valence-electron chi connectivity index (χ1n) is 12.8. The first-order chi connectivity index (χ1) is 18.8. The first kappa shape index (κ1) is 25.3. The topological polar surface area (TPSA) is 130 Å². The Bertz CT molecular complexity index is 1530. The second-order valence-corrected chi connectivity index (χ2v) is 10.6. The number of halogens is 2. The summed E-state index contributed by atoms with van der Waals surface area (Å²) in [7, 11) is 0.